The van der Waals surface area contributed by atoms with Gasteiger partial charge in [-0.1, -0.05) is 0 Å². The monoisotopic (exact) mass is 269 g/mol. The highest BCUT2D eigenvalue weighted by atomic mass is 16.5. The fraction of sp³-hybridized carbons (Fsp3) is 0.462. The lowest BCUT2D eigenvalue weighted by Crippen LogP contribution is -2.16. The van der Waals surface area contributed by atoms with E-state index in [-0.39, 0.29) is 18.9 Å². The minimum absolute atomic E-state index is 0.0465. The Balaban J connectivity index is 3.24. The Bertz CT molecular complexity index is 422. The summed E-state index contributed by atoms with van der Waals surface area (Å²) in [5.74, 6) is 0.247. The minimum Gasteiger partial charge on any atom is -0.493 e. The van der Waals surface area contributed by atoms with E-state index in [1.165, 1.54) is 21.3 Å². The van der Waals surface area contributed by atoms with E-state index < -0.39 is 5.97 Å². The first kappa shape index (κ1) is 15.1. The first-order valence-electron chi connectivity index (χ1n) is 5.79. The van der Waals surface area contributed by atoms with Crippen molar-refractivity contribution in [2.75, 3.05) is 27.9 Å². The van der Waals surface area contributed by atoms with Gasteiger partial charge in [-0.25, -0.2) is 0 Å². The van der Waals surface area contributed by atoms with Crippen molar-refractivity contribution in [1.82, 2.24) is 0 Å². The lowest BCUT2D eigenvalue weighted by Gasteiger charge is -2.18. The molecular weight excluding hydrogens is 250 g/mol. The van der Waals surface area contributed by atoms with E-state index in [9.17, 15) is 4.79 Å². The van der Waals surface area contributed by atoms with Crippen molar-refractivity contribution in [1.29, 1.82) is 0 Å². The van der Waals surface area contributed by atoms with Crippen molar-refractivity contribution >= 4 is 5.97 Å². The molecule has 0 bridgehead atoms. The number of hydrogen-bond acceptors (Lipinski definition) is 5. The van der Waals surface area contributed by atoms with Crippen LogP contribution in [0.25, 0.3) is 0 Å². The van der Waals surface area contributed by atoms with Crippen LogP contribution in [0, 0.1) is 0 Å². The van der Waals surface area contributed by atoms with Gasteiger partial charge in [-0.05, 0) is 24.2 Å². The van der Waals surface area contributed by atoms with Crippen LogP contribution in [0.4, 0.5) is 0 Å². The van der Waals surface area contributed by atoms with Gasteiger partial charge >= 0.3 is 5.97 Å². The molecule has 0 fully saturated rings. The number of nitrogens with two attached hydrogens (primary N) is 1. The molecule has 0 amide bonds. The lowest BCUT2D eigenvalue weighted by atomic mass is 9.95. The molecule has 0 radical (unpaired) electrons. The van der Waals surface area contributed by atoms with Crippen LogP contribution in [0.5, 0.6) is 17.2 Å². The third-order valence-electron chi connectivity index (χ3n) is 2.86. The van der Waals surface area contributed by atoms with E-state index in [4.69, 9.17) is 25.1 Å². The molecule has 0 saturated heterocycles. The molecule has 0 aliphatic rings. The zero-order valence-electron chi connectivity index (χ0n) is 11.3. The topological polar surface area (TPSA) is 91.0 Å². The molecule has 1 aromatic carbocycles. The SMILES string of the molecule is COc1cc(C(CN)CC(=O)O)cc(OC)c1OC. The maximum Gasteiger partial charge on any atom is 0.304 e. The summed E-state index contributed by atoms with van der Waals surface area (Å²) in [5.41, 5.74) is 6.38. The highest BCUT2D eigenvalue weighted by Crippen LogP contribution is 2.40. The Hall–Kier alpha value is -1.95. The van der Waals surface area contributed by atoms with Gasteiger partial charge in [0.1, 0.15) is 0 Å². The summed E-state index contributed by atoms with van der Waals surface area (Å²) < 4.78 is 15.7. The first-order chi connectivity index (χ1) is 9.07. The third-order valence-corrected chi connectivity index (χ3v) is 2.86. The number of rotatable bonds is 7. The predicted molar refractivity (Wildman–Crippen MR) is 70.1 cm³/mol. The minimum atomic E-state index is -0.899. The summed E-state index contributed by atoms with van der Waals surface area (Å²) in [4.78, 5) is 10.8. The Morgan fingerprint density at radius 1 is 1.21 bits per heavy atom. The third kappa shape index (κ3) is 3.51. The molecule has 1 rings (SSSR count). The zero-order valence-corrected chi connectivity index (χ0v) is 11.3. The molecule has 0 aliphatic carbocycles. The first-order valence-corrected chi connectivity index (χ1v) is 5.79. The molecule has 0 aromatic heterocycles. The number of carboxylic acids is 1. The van der Waals surface area contributed by atoms with Crippen LogP contribution in [0.1, 0.15) is 17.9 Å². The second-order valence-electron chi connectivity index (χ2n) is 3.99. The van der Waals surface area contributed by atoms with Gasteiger partial charge in [0.05, 0.1) is 27.8 Å². The van der Waals surface area contributed by atoms with Crippen LogP contribution in [0.3, 0.4) is 0 Å². The summed E-state index contributed by atoms with van der Waals surface area (Å²) in [6.07, 6.45) is -0.0465. The van der Waals surface area contributed by atoms with E-state index >= 15 is 0 Å². The van der Waals surface area contributed by atoms with E-state index in [1.807, 2.05) is 0 Å². The molecule has 0 heterocycles. The molecular formula is C13H19NO5. The molecule has 1 atom stereocenters. The number of methoxy groups -OCH3 is 3. The van der Waals surface area contributed by atoms with Crippen LogP contribution in [0.15, 0.2) is 12.1 Å². The maximum absolute atomic E-state index is 10.8. The highest BCUT2D eigenvalue weighted by molar-refractivity contribution is 5.68. The molecule has 0 spiro atoms. The van der Waals surface area contributed by atoms with Gasteiger partial charge in [-0.3, -0.25) is 4.79 Å². The summed E-state index contributed by atoms with van der Waals surface area (Å²) in [6.45, 7) is 0.227. The van der Waals surface area contributed by atoms with Crippen LogP contribution < -0.4 is 19.9 Å². The van der Waals surface area contributed by atoms with Crippen molar-refractivity contribution in [3.8, 4) is 17.2 Å². The number of carboxylic acid groups (broad SMARTS) is 1. The fourth-order valence-corrected chi connectivity index (χ4v) is 1.89. The fourth-order valence-electron chi connectivity index (χ4n) is 1.89. The molecule has 106 valence electrons. The Morgan fingerprint density at radius 3 is 2.05 bits per heavy atom. The summed E-state index contributed by atoms with van der Waals surface area (Å²) >= 11 is 0. The molecule has 1 unspecified atom stereocenters. The molecule has 3 N–H and O–H groups in total. The van der Waals surface area contributed by atoms with Crippen molar-refractivity contribution in [2.24, 2.45) is 5.73 Å². The largest absolute Gasteiger partial charge is 0.493 e. The van der Waals surface area contributed by atoms with E-state index in [0.29, 0.717) is 17.2 Å². The standard InChI is InChI=1S/C13H19NO5/c1-17-10-4-8(9(7-14)6-12(15)16)5-11(18-2)13(10)19-3/h4-5,9H,6-7,14H2,1-3H3,(H,15,16). The molecule has 0 aliphatic heterocycles. The van der Waals surface area contributed by atoms with Gasteiger partial charge in [-0.2, -0.15) is 0 Å². The summed E-state index contributed by atoms with van der Waals surface area (Å²) in [7, 11) is 4.53. The van der Waals surface area contributed by atoms with E-state index in [2.05, 4.69) is 0 Å². The summed E-state index contributed by atoms with van der Waals surface area (Å²) in [5, 5.41) is 8.89. The van der Waals surface area contributed by atoms with Gasteiger partial charge in [0.15, 0.2) is 11.5 Å². The Labute approximate surface area is 112 Å². The number of ether oxygens (including phenoxy) is 3. The number of benzene rings is 1. The molecule has 0 saturated carbocycles. The molecule has 6 nitrogen and oxygen atoms in total. The Kier molecular flexibility index (Phi) is 5.44. The maximum atomic E-state index is 10.8. The molecule has 6 heteroatoms. The van der Waals surface area contributed by atoms with Crippen LogP contribution in [-0.4, -0.2) is 38.9 Å². The highest BCUT2D eigenvalue weighted by Gasteiger charge is 2.19. The van der Waals surface area contributed by atoms with Gasteiger partial charge in [-0.15, -0.1) is 0 Å². The van der Waals surface area contributed by atoms with Crippen molar-refractivity contribution in [3.63, 3.8) is 0 Å². The average molecular weight is 269 g/mol. The van der Waals surface area contributed by atoms with Gasteiger partial charge < -0.3 is 25.1 Å². The molecule has 19 heavy (non-hydrogen) atoms. The van der Waals surface area contributed by atoms with E-state index in [1.54, 1.807) is 12.1 Å². The lowest BCUT2D eigenvalue weighted by molar-refractivity contribution is -0.137. The quantitative estimate of drug-likeness (QED) is 0.773. The second kappa shape index (κ2) is 6.84. The average Bonchev–Trinajstić information content (AvgIpc) is 2.42. The number of carbonyl (C=O) groups is 1. The van der Waals surface area contributed by atoms with Crippen LogP contribution >= 0.6 is 0 Å². The summed E-state index contributed by atoms with van der Waals surface area (Å²) in [6, 6.07) is 3.45. The van der Waals surface area contributed by atoms with Crippen molar-refractivity contribution in [3.05, 3.63) is 17.7 Å². The van der Waals surface area contributed by atoms with Crippen LogP contribution in [0.2, 0.25) is 0 Å². The predicted octanol–water partition coefficient (Wildman–Crippen LogP) is 1.23. The normalized spacial score (nSPS) is 11.8. The Morgan fingerprint density at radius 2 is 1.74 bits per heavy atom. The van der Waals surface area contributed by atoms with E-state index in [0.717, 1.165) is 5.56 Å². The smallest absolute Gasteiger partial charge is 0.304 e. The van der Waals surface area contributed by atoms with Crippen molar-refractivity contribution in [2.45, 2.75) is 12.3 Å². The van der Waals surface area contributed by atoms with Gasteiger partial charge in [0, 0.05) is 5.92 Å². The van der Waals surface area contributed by atoms with Gasteiger partial charge in [0.2, 0.25) is 5.75 Å². The van der Waals surface area contributed by atoms with Gasteiger partial charge in [0.25, 0.3) is 0 Å². The van der Waals surface area contributed by atoms with Crippen molar-refractivity contribution < 1.29 is 24.1 Å². The zero-order chi connectivity index (χ0) is 14.4. The molecule has 1 aromatic rings. The van der Waals surface area contributed by atoms with Crippen LogP contribution in [-0.2, 0) is 4.79 Å². The second-order valence-corrected chi connectivity index (χ2v) is 3.99. The number of hydrogen-bond donors (Lipinski definition) is 2. The number of aliphatic carboxylic acids is 1.